The maximum absolute atomic E-state index is 13.2. The SMILES string of the molecule is CC(N)CCC(=O)NCCc1nc2cc(F)ccc2n1C.Cl.Cl. The standard InChI is InChI=1S/C15H21FN4O.2ClH/c1-10(17)3-6-15(21)18-8-7-14-19-12-9-11(16)4-5-13(12)20(14)2;;/h4-5,9-10H,3,6-8,17H2,1-2H3,(H,18,21);2*1H. The van der Waals surface area contributed by atoms with Gasteiger partial charge in [0.25, 0.3) is 0 Å². The topological polar surface area (TPSA) is 72.9 Å². The number of fused-ring (bicyclic) bond motifs is 1. The van der Waals surface area contributed by atoms with E-state index in [0.717, 1.165) is 11.3 Å². The van der Waals surface area contributed by atoms with Gasteiger partial charge in [-0.25, -0.2) is 9.37 Å². The van der Waals surface area contributed by atoms with Gasteiger partial charge >= 0.3 is 0 Å². The highest BCUT2D eigenvalue weighted by molar-refractivity contribution is 5.85. The summed E-state index contributed by atoms with van der Waals surface area (Å²) >= 11 is 0. The lowest BCUT2D eigenvalue weighted by Crippen LogP contribution is -2.28. The summed E-state index contributed by atoms with van der Waals surface area (Å²) in [7, 11) is 1.89. The molecule has 8 heteroatoms. The highest BCUT2D eigenvalue weighted by Gasteiger charge is 2.09. The number of halogens is 3. The van der Waals surface area contributed by atoms with Crippen molar-refractivity contribution in [2.75, 3.05) is 6.54 Å². The lowest BCUT2D eigenvalue weighted by Gasteiger charge is -2.07. The van der Waals surface area contributed by atoms with Gasteiger partial charge in [0.2, 0.25) is 5.91 Å². The second-order valence-electron chi connectivity index (χ2n) is 5.34. The maximum Gasteiger partial charge on any atom is 0.220 e. The van der Waals surface area contributed by atoms with Gasteiger partial charge in [0.05, 0.1) is 11.0 Å². The molecule has 1 aromatic carbocycles. The number of rotatable bonds is 6. The molecule has 0 saturated heterocycles. The molecule has 0 saturated carbocycles. The summed E-state index contributed by atoms with van der Waals surface area (Å²) in [6, 6.07) is 4.58. The number of benzene rings is 1. The Morgan fingerprint density at radius 3 is 2.78 bits per heavy atom. The summed E-state index contributed by atoms with van der Waals surface area (Å²) in [6.07, 6.45) is 1.72. The number of carbonyl (C=O) groups is 1. The Labute approximate surface area is 147 Å². The van der Waals surface area contributed by atoms with Crippen LogP contribution in [0.2, 0.25) is 0 Å². The van der Waals surface area contributed by atoms with Crippen LogP contribution in [0.4, 0.5) is 4.39 Å². The minimum Gasteiger partial charge on any atom is -0.356 e. The molecule has 1 amide bonds. The number of carbonyl (C=O) groups excluding carboxylic acids is 1. The summed E-state index contributed by atoms with van der Waals surface area (Å²) in [5, 5.41) is 2.85. The molecule has 1 atom stereocenters. The van der Waals surface area contributed by atoms with Gasteiger partial charge in [-0.1, -0.05) is 0 Å². The van der Waals surface area contributed by atoms with E-state index in [-0.39, 0.29) is 42.6 Å². The first-order valence-electron chi connectivity index (χ1n) is 7.10. The molecule has 1 heterocycles. The first-order chi connectivity index (χ1) is 9.97. The van der Waals surface area contributed by atoms with Crippen molar-refractivity contribution in [3.05, 3.63) is 29.8 Å². The minimum absolute atomic E-state index is 0. The van der Waals surface area contributed by atoms with Gasteiger partial charge in [-0.15, -0.1) is 24.8 Å². The van der Waals surface area contributed by atoms with Crippen molar-refractivity contribution in [3.63, 3.8) is 0 Å². The van der Waals surface area contributed by atoms with Gasteiger partial charge in [-0.2, -0.15) is 0 Å². The molecule has 0 fully saturated rings. The number of imidazole rings is 1. The average Bonchev–Trinajstić information content (AvgIpc) is 2.72. The molecular weight excluding hydrogens is 342 g/mol. The van der Waals surface area contributed by atoms with Crippen LogP contribution in [0.1, 0.15) is 25.6 Å². The van der Waals surface area contributed by atoms with E-state index in [9.17, 15) is 9.18 Å². The van der Waals surface area contributed by atoms with Crippen LogP contribution in [-0.2, 0) is 18.3 Å². The quantitative estimate of drug-likeness (QED) is 0.825. The van der Waals surface area contributed by atoms with Crippen LogP contribution in [0.15, 0.2) is 18.2 Å². The van der Waals surface area contributed by atoms with Gasteiger partial charge in [-0.3, -0.25) is 4.79 Å². The maximum atomic E-state index is 13.2. The molecule has 0 bridgehead atoms. The third kappa shape index (κ3) is 5.97. The first kappa shape index (κ1) is 21.6. The van der Waals surface area contributed by atoms with E-state index < -0.39 is 0 Å². The van der Waals surface area contributed by atoms with Crippen LogP contribution >= 0.6 is 24.8 Å². The van der Waals surface area contributed by atoms with Crippen molar-refractivity contribution in [1.82, 2.24) is 14.9 Å². The Hall–Kier alpha value is -1.37. The third-order valence-electron chi connectivity index (χ3n) is 3.43. The van der Waals surface area contributed by atoms with E-state index in [1.807, 2.05) is 18.5 Å². The van der Waals surface area contributed by atoms with Crippen LogP contribution in [0.25, 0.3) is 11.0 Å². The van der Waals surface area contributed by atoms with E-state index in [0.29, 0.717) is 31.3 Å². The Morgan fingerprint density at radius 2 is 2.13 bits per heavy atom. The molecule has 0 aliphatic rings. The summed E-state index contributed by atoms with van der Waals surface area (Å²) in [6.45, 7) is 2.39. The number of nitrogens with zero attached hydrogens (tertiary/aromatic N) is 2. The van der Waals surface area contributed by atoms with Crippen molar-refractivity contribution in [3.8, 4) is 0 Å². The van der Waals surface area contributed by atoms with E-state index in [1.165, 1.54) is 12.1 Å². The van der Waals surface area contributed by atoms with Gasteiger partial charge in [0.15, 0.2) is 0 Å². The number of nitrogens with one attached hydrogen (secondary N) is 1. The fourth-order valence-corrected chi connectivity index (χ4v) is 2.21. The highest BCUT2D eigenvalue weighted by atomic mass is 35.5. The number of amides is 1. The molecule has 130 valence electrons. The molecule has 23 heavy (non-hydrogen) atoms. The van der Waals surface area contributed by atoms with Crippen molar-refractivity contribution in [1.29, 1.82) is 0 Å². The highest BCUT2D eigenvalue weighted by Crippen LogP contribution is 2.16. The summed E-state index contributed by atoms with van der Waals surface area (Å²) < 4.78 is 15.1. The van der Waals surface area contributed by atoms with E-state index in [1.54, 1.807) is 6.07 Å². The lowest BCUT2D eigenvalue weighted by molar-refractivity contribution is -0.121. The molecule has 1 unspecified atom stereocenters. The van der Waals surface area contributed by atoms with Crippen LogP contribution in [0.3, 0.4) is 0 Å². The van der Waals surface area contributed by atoms with Crippen LogP contribution < -0.4 is 11.1 Å². The van der Waals surface area contributed by atoms with Crippen molar-refractivity contribution in [2.24, 2.45) is 12.8 Å². The summed E-state index contributed by atoms with van der Waals surface area (Å²) in [5.74, 6) is 0.525. The molecule has 0 radical (unpaired) electrons. The van der Waals surface area contributed by atoms with E-state index in [4.69, 9.17) is 5.73 Å². The Morgan fingerprint density at radius 1 is 1.43 bits per heavy atom. The molecule has 3 N–H and O–H groups in total. The summed E-state index contributed by atoms with van der Waals surface area (Å²) in [5.41, 5.74) is 7.13. The first-order valence-corrected chi connectivity index (χ1v) is 7.10. The van der Waals surface area contributed by atoms with E-state index >= 15 is 0 Å². The molecule has 2 rings (SSSR count). The number of hydrogen-bond acceptors (Lipinski definition) is 3. The fourth-order valence-electron chi connectivity index (χ4n) is 2.21. The Bertz CT molecular complexity index is 646. The number of nitrogens with two attached hydrogens (primary N) is 1. The van der Waals surface area contributed by atoms with Gasteiger partial charge in [-0.05, 0) is 25.5 Å². The molecule has 1 aromatic heterocycles. The second kappa shape index (κ2) is 9.70. The van der Waals surface area contributed by atoms with Gasteiger partial charge < -0.3 is 15.6 Å². The Kier molecular flexibility index (Phi) is 9.12. The largest absolute Gasteiger partial charge is 0.356 e. The zero-order valence-corrected chi connectivity index (χ0v) is 14.8. The van der Waals surface area contributed by atoms with E-state index in [2.05, 4.69) is 10.3 Å². The average molecular weight is 365 g/mol. The van der Waals surface area contributed by atoms with Gasteiger partial charge in [0.1, 0.15) is 11.6 Å². The molecular formula is C15H23Cl2FN4O. The van der Waals surface area contributed by atoms with Crippen molar-refractivity contribution in [2.45, 2.75) is 32.2 Å². The summed E-state index contributed by atoms with van der Waals surface area (Å²) in [4.78, 5) is 16.0. The second-order valence-corrected chi connectivity index (χ2v) is 5.34. The van der Waals surface area contributed by atoms with Crippen molar-refractivity contribution < 1.29 is 9.18 Å². The smallest absolute Gasteiger partial charge is 0.220 e. The predicted octanol–water partition coefficient (Wildman–Crippen LogP) is 2.34. The number of aryl methyl sites for hydroxylation is 1. The van der Waals surface area contributed by atoms with Crippen LogP contribution in [-0.4, -0.2) is 28.0 Å². The normalized spacial score (nSPS) is 11.5. The zero-order chi connectivity index (χ0) is 15.4. The fraction of sp³-hybridized carbons (Fsp3) is 0.467. The zero-order valence-electron chi connectivity index (χ0n) is 13.2. The minimum atomic E-state index is -0.295. The van der Waals surface area contributed by atoms with Crippen LogP contribution in [0.5, 0.6) is 0 Å². The van der Waals surface area contributed by atoms with Crippen molar-refractivity contribution >= 4 is 41.8 Å². The Balaban J connectivity index is 0.00000242. The molecule has 0 aliphatic heterocycles. The molecule has 5 nitrogen and oxygen atoms in total. The third-order valence-corrected chi connectivity index (χ3v) is 3.43. The number of hydrogen-bond donors (Lipinski definition) is 2. The molecule has 0 aliphatic carbocycles. The predicted molar refractivity (Wildman–Crippen MR) is 94.8 cm³/mol. The van der Waals surface area contributed by atoms with Crippen LogP contribution in [0, 0.1) is 5.82 Å². The monoisotopic (exact) mass is 364 g/mol. The number of aromatic nitrogens is 2. The molecule has 2 aromatic rings. The molecule has 0 spiro atoms. The van der Waals surface area contributed by atoms with Gasteiger partial charge in [0, 0.05) is 38.5 Å². The lowest BCUT2D eigenvalue weighted by atomic mass is 10.2.